The van der Waals surface area contributed by atoms with Crippen molar-refractivity contribution in [2.24, 2.45) is 0 Å². The zero-order chi connectivity index (χ0) is 13.1. The van der Waals surface area contributed by atoms with E-state index in [1.54, 1.807) is 6.07 Å². The topological polar surface area (TPSA) is 16.1 Å². The van der Waals surface area contributed by atoms with Crippen LogP contribution in [0.3, 0.4) is 0 Å². The average molecular weight is 302 g/mol. The molecular weight excluding hydrogens is 291 g/mol. The molecule has 2 aromatic rings. The van der Waals surface area contributed by atoms with Crippen LogP contribution in [0.4, 0.5) is 11.5 Å². The lowest BCUT2D eigenvalue weighted by Crippen LogP contribution is -2.17. The summed E-state index contributed by atoms with van der Waals surface area (Å²) in [5.41, 5.74) is 1.01. The van der Waals surface area contributed by atoms with Crippen molar-refractivity contribution < 1.29 is 0 Å². The van der Waals surface area contributed by atoms with E-state index in [0.717, 1.165) is 12.2 Å². The van der Waals surface area contributed by atoms with Crippen molar-refractivity contribution in [2.75, 3.05) is 11.4 Å². The summed E-state index contributed by atoms with van der Waals surface area (Å²) in [6.45, 7) is 2.75. The third-order valence-corrected chi connectivity index (χ3v) is 3.46. The summed E-state index contributed by atoms with van der Waals surface area (Å²) in [5.74, 6) is 0.611. The molecule has 94 valence electrons. The Hall–Kier alpha value is -0.960. The monoisotopic (exact) mass is 300 g/mol. The molecule has 1 heterocycles. The summed E-state index contributed by atoms with van der Waals surface area (Å²) in [4.78, 5) is 6.22. The zero-order valence-electron chi connectivity index (χ0n) is 9.70. The summed E-state index contributed by atoms with van der Waals surface area (Å²) in [7, 11) is 0. The summed E-state index contributed by atoms with van der Waals surface area (Å²) in [6, 6.07) is 11.5. The smallest absolute Gasteiger partial charge is 0.153 e. The molecule has 0 aliphatic rings. The quantitative estimate of drug-likeness (QED) is 0.724. The van der Waals surface area contributed by atoms with Crippen molar-refractivity contribution in [1.29, 1.82) is 0 Å². The molecule has 0 amide bonds. The highest BCUT2D eigenvalue weighted by Crippen LogP contribution is 2.34. The first-order chi connectivity index (χ1) is 8.63. The Bertz CT molecular complexity index is 543. The van der Waals surface area contributed by atoms with Gasteiger partial charge in [0, 0.05) is 12.2 Å². The number of aromatic nitrogens is 1. The van der Waals surface area contributed by atoms with Crippen molar-refractivity contribution in [3.63, 3.8) is 0 Å². The van der Waals surface area contributed by atoms with Crippen molar-refractivity contribution in [2.45, 2.75) is 6.92 Å². The summed E-state index contributed by atoms with van der Waals surface area (Å²) in [5, 5.41) is 1.09. The highest BCUT2D eigenvalue weighted by Gasteiger charge is 2.15. The minimum absolute atomic E-state index is 0.255. The average Bonchev–Trinajstić information content (AvgIpc) is 2.38. The van der Waals surface area contributed by atoms with E-state index < -0.39 is 0 Å². The molecule has 0 unspecified atom stereocenters. The first-order valence-corrected chi connectivity index (χ1v) is 6.61. The van der Waals surface area contributed by atoms with Crippen molar-refractivity contribution in [1.82, 2.24) is 4.98 Å². The van der Waals surface area contributed by atoms with E-state index in [2.05, 4.69) is 4.98 Å². The van der Waals surface area contributed by atoms with Gasteiger partial charge in [0.1, 0.15) is 5.15 Å². The number of rotatable bonds is 3. The first-order valence-electron chi connectivity index (χ1n) is 5.47. The summed E-state index contributed by atoms with van der Waals surface area (Å²) in [6.07, 6.45) is 0. The van der Waals surface area contributed by atoms with Crippen LogP contribution < -0.4 is 4.90 Å². The van der Waals surface area contributed by atoms with Gasteiger partial charge in [-0.3, -0.25) is 0 Å². The maximum absolute atomic E-state index is 6.18. The van der Waals surface area contributed by atoms with Gasteiger partial charge in [-0.1, -0.05) is 53.0 Å². The molecule has 0 N–H and O–H groups in total. The molecule has 2 rings (SSSR count). The van der Waals surface area contributed by atoms with E-state index in [1.165, 1.54) is 0 Å². The molecular formula is C13H11Cl3N2. The van der Waals surface area contributed by atoms with Gasteiger partial charge in [0.15, 0.2) is 5.82 Å². The fourth-order valence-electron chi connectivity index (χ4n) is 1.69. The Morgan fingerprint density at radius 2 is 1.72 bits per heavy atom. The highest BCUT2D eigenvalue weighted by molar-refractivity contribution is 6.43. The van der Waals surface area contributed by atoms with Crippen LogP contribution in [-0.4, -0.2) is 11.5 Å². The van der Waals surface area contributed by atoms with Crippen LogP contribution in [-0.2, 0) is 0 Å². The normalized spacial score (nSPS) is 10.4. The van der Waals surface area contributed by atoms with Crippen LogP contribution in [0.25, 0.3) is 0 Å². The number of anilines is 2. The third-order valence-electron chi connectivity index (χ3n) is 2.51. The molecule has 0 saturated heterocycles. The van der Waals surface area contributed by atoms with Gasteiger partial charge in [-0.05, 0) is 25.1 Å². The first kappa shape index (κ1) is 13.5. The van der Waals surface area contributed by atoms with Gasteiger partial charge < -0.3 is 4.90 Å². The Morgan fingerprint density at radius 1 is 1.06 bits per heavy atom. The second-order valence-corrected chi connectivity index (χ2v) is 4.82. The lowest BCUT2D eigenvalue weighted by atomic mass is 10.3. The molecule has 0 saturated carbocycles. The molecule has 0 aliphatic heterocycles. The van der Waals surface area contributed by atoms with Crippen molar-refractivity contribution in [3.8, 4) is 0 Å². The van der Waals surface area contributed by atoms with Crippen molar-refractivity contribution in [3.05, 3.63) is 51.6 Å². The number of nitrogens with zero attached hydrogens (tertiary/aromatic N) is 2. The van der Waals surface area contributed by atoms with Gasteiger partial charge in [0.25, 0.3) is 0 Å². The Kier molecular flexibility index (Phi) is 4.33. The highest BCUT2D eigenvalue weighted by atomic mass is 35.5. The number of para-hydroxylation sites is 1. The Balaban J connectivity index is 2.49. The third kappa shape index (κ3) is 2.72. The minimum Gasteiger partial charge on any atom is -0.325 e. The molecule has 1 aromatic heterocycles. The maximum atomic E-state index is 6.18. The number of benzene rings is 1. The number of hydrogen-bond donors (Lipinski definition) is 0. The van der Waals surface area contributed by atoms with E-state index in [1.807, 2.05) is 42.2 Å². The summed E-state index contributed by atoms with van der Waals surface area (Å²) < 4.78 is 0. The lowest BCUT2D eigenvalue weighted by Gasteiger charge is -2.23. The van der Waals surface area contributed by atoms with E-state index in [0.29, 0.717) is 15.9 Å². The molecule has 1 aromatic carbocycles. The second kappa shape index (κ2) is 5.79. The van der Waals surface area contributed by atoms with E-state index >= 15 is 0 Å². The number of halogens is 3. The molecule has 5 heteroatoms. The fraction of sp³-hybridized carbons (Fsp3) is 0.154. The van der Waals surface area contributed by atoms with Crippen LogP contribution in [0.15, 0.2) is 36.4 Å². The molecule has 0 radical (unpaired) electrons. The van der Waals surface area contributed by atoms with E-state index in [9.17, 15) is 0 Å². The standard InChI is InChI=1S/C13H11Cl3N2/c1-2-18(9-6-4-3-5-7-9)13-11(15)8-10(14)12(16)17-13/h3-8H,2H2,1H3. The molecule has 2 nitrogen and oxygen atoms in total. The number of pyridine rings is 1. The number of hydrogen-bond acceptors (Lipinski definition) is 2. The van der Waals surface area contributed by atoms with Crippen LogP contribution >= 0.6 is 34.8 Å². The van der Waals surface area contributed by atoms with Gasteiger partial charge in [0.2, 0.25) is 0 Å². The predicted octanol–water partition coefficient (Wildman–Crippen LogP) is 5.20. The largest absolute Gasteiger partial charge is 0.325 e. The van der Waals surface area contributed by atoms with Gasteiger partial charge in [-0.25, -0.2) is 4.98 Å². The zero-order valence-corrected chi connectivity index (χ0v) is 12.0. The second-order valence-electron chi connectivity index (χ2n) is 3.65. The molecule has 0 bridgehead atoms. The van der Waals surface area contributed by atoms with Gasteiger partial charge in [-0.2, -0.15) is 0 Å². The molecule has 0 atom stereocenters. The lowest BCUT2D eigenvalue weighted by molar-refractivity contribution is 0.990. The molecule has 18 heavy (non-hydrogen) atoms. The minimum atomic E-state index is 0.255. The van der Waals surface area contributed by atoms with Gasteiger partial charge in [-0.15, -0.1) is 0 Å². The van der Waals surface area contributed by atoms with E-state index in [4.69, 9.17) is 34.8 Å². The van der Waals surface area contributed by atoms with Crippen LogP contribution in [0.2, 0.25) is 15.2 Å². The fourth-order valence-corrected chi connectivity index (χ4v) is 2.28. The van der Waals surface area contributed by atoms with Crippen LogP contribution in [0.1, 0.15) is 6.92 Å². The molecule has 0 fully saturated rings. The van der Waals surface area contributed by atoms with Crippen LogP contribution in [0, 0.1) is 0 Å². The van der Waals surface area contributed by atoms with E-state index in [-0.39, 0.29) is 5.15 Å². The molecule has 0 aliphatic carbocycles. The maximum Gasteiger partial charge on any atom is 0.153 e. The summed E-state index contributed by atoms with van der Waals surface area (Å²) >= 11 is 18.0. The SMILES string of the molecule is CCN(c1ccccc1)c1nc(Cl)c(Cl)cc1Cl. The molecule has 0 spiro atoms. The van der Waals surface area contributed by atoms with Gasteiger partial charge >= 0.3 is 0 Å². The Morgan fingerprint density at radius 3 is 2.33 bits per heavy atom. The van der Waals surface area contributed by atoms with Gasteiger partial charge in [0.05, 0.1) is 10.0 Å². The van der Waals surface area contributed by atoms with Crippen molar-refractivity contribution >= 4 is 46.3 Å². The predicted molar refractivity (Wildman–Crippen MR) is 78.4 cm³/mol. The Labute approximate surface area is 121 Å². The van der Waals surface area contributed by atoms with Crippen LogP contribution in [0.5, 0.6) is 0 Å².